The standard InChI is InChI=1S/C19H16FN3OS/c1-13-11-18(23-19(21-13)14-5-3-2-4-6-14)25-12-17(24)22-16-9-7-15(20)8-10-16/h2-11H,12H2,1H3,(H,22,24). The van der Waals surface area contributed by atoms with Gasteiger partial charge in [0.15, 0.2) is 5.82 Å². The molecule has 0 aliphatic rings. The van der Waals surface area contributed by atoms with Crippen LogP contribution in [0.2, 0.25) is 0 Å². The van der Waals surface area contributed by atoms with E-state index in [4.69, 9.17) is 0 Å². The molecule has 0 spiro atoms. The normalized spacial score (nSPS) is 10.5. The van der Waals surface area contributed by atoms with Gasteiger partial charge in [-0.05, 0) is 37.3 Å². The van der Waals surface area contributed by atoms with Gasteiger partial charge in [0.25, 0.3) is 0 Å². The van der Waals surface area contributed by atoms with Crippen molar-refractivity contribution >= 4 is 23.4 Å². The van der Waals surface area contributed by atoms with Crippen LogP contribution in [0, 0.1) is 12.7 Å². The van der Waals surface area contributed by atoms with Crippen molar-refractivity contribution in [2.75, 3.05) is 11.1 Å². The molecular formula is C19H16FN3OS. The number of anilines is 1. The van der Waals surface area contributed by atoms with Gasteiger partial charge in [-0.25, -0.2) is 14.4 Å². The molecule has 0 fully saturated rings. The van der Waals surface area contributed by atoms with Gasteiger partial charge in [-0.15, -0.1) is 0 Å². The summed E-state index contributed by atoms with van der Waals surface area (Å²) in [5.74, 6) is 0.343. The van der Waals surface area contributed by atoms with Crippen molar-refractivity contribution in [3.8, 4) is 11.4 Å². The molecule has 25 heavy (non-hydrogen) atoms. The van der Waals surface area contributed by atoms with Crippen molar-refractivity contribution < 1.29 is 9.18 Å². The molecule has 3 aromatic rings. The number of thioether (sulfide) groups is 1. The molecule has 1 aromatic heterocycles. The fourth-order valence-corrected chi connectivity index (χ4v) is 2.96. The Balaban J connectivity index is 1.65. The Kier molecular flexibility index (Phi) is 5.40. The average molecular weight is 353 g/mol. The summed E-state index contributed by atoms with van der Waals surface area (Å²) in [4.78, 5) is 21.0. The zero-order valence-electron chi connectivity index (χ0n) is 13.6. The van der Waals surface area contributed by atoms with Gasteiger partial charge in [0.05, 0.1) is 5.75 Å². The van der Waals surface area contributed by atoms with E-state index in [1.54, 1.807) is 0 Å². The predicted octanol–water partition coefficient (Wildman–Crippen LogP) is 4.32. The Hall–Kier alpha value is -2.73. The first kappa shape index (κ1) is 17.1. The second kappa shape index (κ2) is 7.90. The maximum Gasteiger partial charge on any atom is 0.234 e. The first-order chi connectivity index (χ1) is 12.1. The summed E-state index contributed by atoms with van der Waals surface area (Å²) in [5, 5.41) is 3.47. The van der Waals surface area contributed by atoms with Crippen molar-refractivity contribution in [3.63, 3.8) is 0 Å². The number of nitrogens with zero attached hydrogens (tertiary/aromatic N) is 2. The summed E-state index contributed by atoms with van der Waals surface area (Å²) >= 11 is 1.34. The van der Waals surface area contributed by atoms with Crippen molar-refractivity contribution in [2.24, 2.45) is 0 Å². The summed E-state index contributed by atoms with van der Waals surface area (Å²) in [6.07, 6.45) is 0. The lowest BCUT2D eigenvalue weighted by Gasteiger charge is -2.07. The van der Waals surface area contributed by atoms with Gasteiger partial charge in [-0.1, -0.05) is 42.1 Å². The second-order valence-corrected chi connectivity index (χ2v) is 6.38. The van der Waals surface area contributed by atoms with Crippen LogP contribution in [0.15, 0.2) is 65.7 Å². The van der Waals surface area contributed by atoms with Crippen molar-refractivity contribution in [1.82, 2.24) is 9.97 Å². The third kappa shape index (κ3) is 4.87. The molecule has 6 heteroatoms. The van der Waals surface area contributed by atoms with Crippen LogP contribution in [0.4, 0.5) is 10.1 Å². The molecule has 0 unspecified atom stereocenters. The molecule has 1 amide bonds. The Bertz CT molecular complexity index is 870. The molecule has 0 atom stereocenters. The molecule has 126 valence electrons. The number of carbonyl (C=O) groups excluding carboxylic acids is 1. The van der Waals surface area contributed by atoms with Crippen LogP contribution >= 0.6 is 11.8 Å². The van der Waals surface area contributed by atoms with E-state index in [9.17, 15) is 9.18 Å². The summed E-state index contributed by atoms with van der Waals surface area (Å²) in [6, 6.07) is 17.2. The van der Waals surface area contributed by atoms with Gasteiger partial charge in [0.1, 0.15) is 10.8 Å². The van der Waals surface area contributed by atoms with Crippen LogP contribution in [-0.2, 0) is 4.79 Å². The van der Waals surface area contributed by atoms with Crippen LogP contribution < -0.4 is 5.32 Å². The maximum absolute atomic E-state index is 12.9. The van der Waals surface area contributed by atoms with Gasteiger partial charge in [-0.2, -0.15) is 0 Å². The fourth-order valence-electron chi connectivity index (χ4n) is 2.20. The fraction of sp³-hybridized carbons (Fsp3) is 0.105. The van der Waals surface area contributed by atoms with E-state index in [0.717, 1.165) is 16.3 Å². The highest BCUT2D eigenvalue weighted by atomic mass is 32.2. The van der Waals surface area contributed by atoms with E-state index in [2.05, 4.69) is 15.3 Å². The lowest BCUT2D eigenvalue weighted by atomic mass is 10.2. The number of aromatic nitrogens is 2. The molecule has 0 bridgehead atoms. The first-order valence-electron chi connectivity index (χ1n) is 7.69. The van der Waals surface area contributed by atoms with Crippen LogP contribution in [0.5, 0.6) is 0 Å². The first-order valence-corrected chi connectivity index (χ1v) is 8.68. The van der Waals surface area contributed by atoms with E-state index in [1.165, 1.54) is 36.0 Å². The Labute approximate surface area is 149 Å². The molecule has 4 nitrogen and oxygen atoms in total. The van der Waals surface area contributed by atoms with Crippen LogP contribution in [0.3, 0.4) is 0 Å². The zero-order valence-corrected chi connectivity index (χ0v) is 14.4. The van der Waals surface area contributed by atoms with Crippen LogP contribution in [0.25, 0.3) is 11.4 Å². The minimum atomic E-state index is -0.336. The van der Waals surface area contributed by atoms with Crippen molar-refractivity contribution in [3.05, 3.63) is 72.2 Å². The van der Waals surface area contributed by atoms with Crippen molar-refractivity contribution in [2.45, 2.75) is 11.9 Å². The monoisotopic (exact) mass is 353 g/mol. The average Bonchev–Trinajstić information content (AvgIpc) is 2.62. The number of hydrogen-bond donors (Lipinski definition) is 1. The molecule has 0 radical (unpaired) electrons. The van der Waals surface area contributed by atoms with Crippen molar-refractivity contribution in [1.29, 1.82) is 0 Å². The second-order valence-electron chi connectivity index (χ2n) is 5.38. The highest BCUT2D eigenvalue weighted by Crippen LogP contribution is 2.21. The van der Waals surface area contributed by atoms with E-state index in [0.29, 0.717) is 11.5 Å². The molecule has 0 aliphatic carbocycles. The Morgan fingerprint density at radius 2 is 1.80 bits per heavy atom. The lowest BCUT2D eigenvalue weighted by molar-refractivity contribution is -0.113. The molecule has 0 aliphatic heterocycles. The van der Waals surface area contributed by atoms with Crippen LogP contribution in [-0.4, -0.2) is 21.6 Å². The van der Waals surface area contributed by atoms with E-state index >= 15 is 0 Å². The van der Waals surface area contributed by atoms with Crippen LogP contribution in [0.1, 0.15) is 5.69 Å². The molecule has 3 rings (SSSR count). The molecule has 2 aromatic carbocycles. The minimum absolute atomic E-state index is 0.172. The van der Waals surface area contributed by atoms with Gasteiger partial charge < -0.3 is 5.32 Å². The number of nitrogens with one attached hydrogen (secondary N) is 1. The quantitative estimate of drug-likeness (QED) is 0.548. The van der Waals surface area contributed by atoms with Gasteiger partial charge in [0.2, 0.25) is 5.91 Å². The molecule has 1 N–H and O–H groups in total. The Morgan fingerprint density at radius 1 is 1.08 bits per heavy atom. The molecule has 1 heterocycles. The predicted molar refractivity (Wildman–Crippen MR) is 98.0 cm³/mol. The molecular weight excluding hydrogens is 337 g/mol. The van der Waals surface area contributed by atoms with Gasteiger partial charge in [-0.3, -0.25) is 4.79 Å². The lowest BCUT2D eigenvalue weighted by Crippen LogP contribution is -2.14. The van der Waals surface area contributed by atoms with Gasteiger partial charge in [0, 0.05) is 16.9 Å². The summed E-state index contributed by atoms with van der Waals surface area (Å²) < 4.78 is 12.9. The van der Waals surface area contributed by atoms with Gasteiger partial charge >= 0.3 is 0 Å². The molecule has 0 saturated carbocycles. The third-order valence-electron chi connectivity index (χ3n) is 3.34. The number of carbonyl (C=O) groups is 1. The Morgan fingerprint density at radius 3 is 2.52 bits per heavy atom. The topological polar surface area (TPSA) is 54.9 Å². The highest BCUT2D eigenvalue weighted by Gasteiger charge is 2.08. The number of benzene rings is 2. The highest BCUT2D eigenvalue weighted by molar-refractivity contribution is 7.99. The number of aryl methyl sites for hydroxylation is 1. The van der Waals surface area contributed by atoms with E-state index in [1.807, 2.05) is 43.3 Å². The summed E-state index contributed by atoms with van der Waals surface area (Å²) in [6.45, 7) is 1.90. The minimum Gasteiger partial charge on any atom is -0.325 e. The largest absolute Gasteiger partial charge is 0.325 e. The summed E-state index contributed by atoms with van der Waals surface area (Å²) in [5.41, 5.74) is 2.34. The summed E-state index contributed by atoms with van der Waals surface area (Å²) in [7, 11) is 0. The number of hydrogen-bond acceptors (Lipinski definition) is 4. The maximum atomic E-state index is 12.9. The van der Waals surface area contributed by atoms with E-state index in [-0.39, 0.29) is 17.5 Å². The SMILES string of the molecule is Cc1cc(SCC(=O)Nc2ccc(F)cc2)nc(-c2ccccc2)n1. The number of rotatable bonds is 5. The third-order valence-corrected chi connectivity index (χ3v) is 4.25. The smallest absolute Gasteiger partial charge is 0.234 e. The molecule has 0 saturated heterocycles. The number of amides is 1. The number of halogens is 1. The zero-order chi connectivity index (χ0) is 17.6. The van der Waals surface area contributed by atoms with E-state index < -0.39 is 0 Å².